The van der Waals surface area contributed by atoms with E-state index in [2.05, 4.69) is 26.7 Å². The van der Waals surface area contributed by atoms with Crippen molar-refractivity contribution in [1.29, 1.82) is 0 Å². The Kier molecular flexibility index (Phi) is 3.66. The zero-order valence-electron chi connectivity index (χ0n) is 11.3. The number of aromatic nitrogens is 2. The van der Waals surface area contributed by atoms with Crippen molar-refractivity contribution in [2.75, 3.05) is 19.6 Å². The molecule has 3 heterocycles. The van der Waals surface area contributed by atoms with Crippen LogP contribution in [0.1, 0.15) is 44.3 Å². The first-order valence-electron chi connectivity index (χ1n) is 7.36. The third-order valence-corrected chi connectivity index (χ3v) is 4.47. The minimum atomic E-state index is 0.531. The third kappa shape index (κ3) is 2.31. The highest BCUT2D eigenvalue weighted by atomic mass is 15.2. The van der Waals surface area contributed by atoms with Gasteiger partial charge < -0.3 is 9.88 Å². The van der Waals surface area contributed by atoms with Gasteiger partial charge in [-0.25, -0.2) is 4.98 Å². The molecule has 2 atom stereocenters. The first kappa shape index (κ1) is 12.2. The maximum atomic E-state index is 4.36. The van der Waals surface area contributed by atoms with E-state index < -0.39 is 0 Å². The van der Waals surface area contributed by atoms with Crippen molar-refractivity contribution in [3.63, 3.8) is 0 Å². The molecule has 4 nitrogen and oxygen atoms in total. The zero-order valence-corrected chi connectivity index (χ0v) is 11.3. The Labute approximate surface area is 109 Å². The summed E-state index contributed by atoms with van der Waals surface area (Å²) in [5.41, 5.74) is 1.38. The topological polar surface area (TPSA) is 33.1 Å². The summed E-state index contributed by atoms with van der Waals surface area (Å²) in [5.74, 6) is 0. The Balaban J connectivity index is 1.70. The maximum absolute atomic E-state index is 4.36. The van der Waals surface area contributed by atoms with E-state index in [9.17, 15) is 0 Å². The van der Waals surface area contributed by atoms with Crippen LogP contribution in [-0.4, -0.2) is 40.1 Å². The van der Waals surface area contributed by atoms with Crippen LogP contribution in [0.15, 0.2) is 12.5 Å². The second kappa shape index (κ2) is 5.41. The maximum Gasteiger partial charge on any atom is 0.0949 e. The van der Waals surface area contributed by atoms with Crippen molar-refractivity contribution >= 4 is 0 Å². The van der Waals surface area contributed by atoms with E-state index in [1.807, 2.05) is 12.5 Å². The van der Waals surface area contributed by atoms with Crippen LogP contribution >= 0.6 is 0 Å². The van der Waals surface area contributed by atoms with Gasteiger partial charge in [0.05, 0.1) is 12.0 Å². The fourth-order valence-electron chi connectivity index (χ4n) is 3.46. The molecule has 3 rings (SSSR count). The molecule has 1 aromatic rings. The molecule has 0 bridgehead atoms. The molecule has 0 radical (unpaired) electrons. The van der Waals surface area contributed by atoms with E-state index in [1.165, 1.54) is 44.5 Å². The Morgan fingerprint density at radius 3 is 3.11 bits per heavy atom. The van der Waals surface area contributed by atoms with Crippen molar-refractivity contribution in [2.45, 2.75) is 51.2 Å². The summed E-state index contributed by atoms with van der Waals surface area (Å²) < 4.78 is 2.38. The van der Waals surface area contributed by atoms with Crippen molar-refractivity contribution in [2.24, 2.45) is 0 Å². The van der Waals surface area contributed by atoms with Gasteiger partial charge in [0.2, 0.25) is 0 Å². The van der Waals surface area contributed by atoms with Crippen LogP contribution in [0, 0.1) is 0 Å². The van der Waals surface area contributed by atoms with Gasteiger partial charge in [-0.3, -0.25) is 4.90 Å². The van der Waals surface area contributed by atoms with Gasteiger partial charge in [-0.2, -0.15) is 0 Å². The fraction of sp³-hybridized carbons (Fsp3) is 0.786. The molecule has 0 saturated carbocycles. The van der Waals surface area contributed by atoms with Gasteiger partial charge in [0, 0.05) is 24.8 Å². The lowest BCUT2D eigenvalue weighted by atomic mass is 10.1. The number of likely N-dealkylation sites (tertiary alicyclic amines) is 1. The van der Waals surface area contributed by atoms with Crippen molar-refractivity contribution in [1.82, 2.24) is 19.8 Å². The van der Waals surface area contributed by atoms with Crippen LogP contribution in [0.3, 0.4) is 0 Å². The van der Waals surface area contributed by atoms with Gasteiger partial charge in [0.25, 0.3) is 0 Å². The molecule has 2 aliphatic rings. The number of nitrogens with one attached hydrogen (secondary N) is 1. The molecule has 2 unspecified atom stereocenters. The van der Waals surface area contributed by atoms with Crippen molar-refractivity contribution < 1.29 is 0 Å². The third-order valence-electron chi connectivity index (χ3n) is 4.47. The number of nitrogens with zero attached hydrogens (tertiary/aromatic N) is 3. The molecule has 1 aromatic heterocycles. The summed E-state index contributed by atoms with van der Waals surface area (Å²) in [4.78, 5) is 6.97. The van der Waals surface area contributed by atoms with E-state index in [4.69, 9.17) is 0 Å². The molecule has 0 spiro atoms. The summed E-state index contributed by atoms with van der Waals surface area (Å²) in [6.07, 6.45) is 9.30. The smallest absolute Gasteiger partial charge is 0.0949 e. The Morgan fingerprint density at radius 2 is 2.33 bits per heavy atom. The summed E-state index contributed by atoms with van der Waals surface area (Å²) >= 11 is 0. The summed E-state index contributed by atoms with van der Waals surface area (Å²) in [5, 5.41) is 3.58. The zero-order chi connectivity index (χ0) is 12.4. The highest BCUT2D eigenvalue weighted by Gasteiger charge is 2.25. The summed E-state index contributed by atoms with van der Waals surface area (Å²) in [7, 11) is 0. The van der Waals surface area contributed by atoms with E-state index in [0.29, 0.717) is 12.1 Å². The highest BCUT2D eigenvalue weighted by molar-refractivity contribution is 5.07. The monoisotopic (exact) mass is 248 g/mol. The molecule has 2 fully saturated rings. The molecule has 1 N–H and O–H groups in total. The predicted molar refractivity (Wildman–Crippen MR) is 72.5 cm³/mol. The lowest BCUT2D eigenvalue weighted by Crippen LogP contribution is -2.33. The second-order valence-corrected chi connectivity index (χ2v) is 5.54. The first-order chi connectivity index (χ1) is 8.88. The quantitative estimate of drug-likeness (QED) is 0.882. The molecule has 2 aliphatic heterocycles. The molecular formula is C14H24N4. The number of hydrogen-bond donors (Lipinski definition) is 1. The molecule has 0 aliphatic carbocycles. The van der Waals surface area contributed by atoms with E-state index in [-0.39, 0.29) is 0 Å². The molecule has 2 saturated heterocycles. The van der Waals surface area contributed by atoms with Crippen LogP contribution in [0.2, 0.25) is 0 Å². The summed E-state index contributed by atoms with van der Waals surface area (Å²) in [6.45, 7) is 6.98. The largest absolute Gasteiger partial charge is 0.332 e. The number of likely N-dealkylation sites (N-methyl/N-ethyl adjacent to an activating group) is 1. The molecular weight excluding hydrogens is 224 g/mol. The van der Waals surface area contributed by atoms with Crippen LogP contribution in [0.25, 0.3) is 0 Å². The number of imidazole rings is 1. The van der Waals surface area contributed by atoms with E-state index in [0.717, 1.165) is 13.1 Å². The Bertz CT molecular complexity index is 381. The average molecular weight is 248 g/mol. The van der Waals surface area contributed by atoms with Crippen molar-refractivity contribution in [3.05, 3.63) is 18.2 Å². The molecule has 4 heteroatoms. The SMILES string of the molecule is CCN1CCCC1Cn1cncc1C1CCCN1. The fourth-order valence-corrected chi connectivity index (χ4v) is 3.46. The van der Waals surface area contributed by atoms with E-state index in [1.54, 1.807) is 0 Å². The lowest BCUT2D eigenvalue weighted by Gasteiger charge is -2.24. The minimum absolute atomic E-state index is 0.531. The molecule has 100 valence electrons. The number of rotatable bonds is 4. The van der Waals surface area contributed by atoms with Crippen LogP contribution in [0.5, 0.6) is 0 Å². The van der Waals surface area contributed by atoms with E-state index >= 15 is 0 Å². The van der Waals surface area contributed by atoms with Crippen LogP contribution in [0.4, 0.5) is 0 Å². The Morgan fingerprint density at radius 1 is 1.39 bits per heavy atom. The second-order valence-electron chi connectivity index (χ2n) is 5.54. The van der Waals surface area contributed by atoms with Gasteiger partial charge in [-0.05, 0) is 45.3 Å². The normalized spacial score (nSPS) is 29.2. The van der Waals surface area contributed by atoms with Crippen LogP contribution in [-0.2, 0) is 6.54 Å². The van der Waals surface area contributed by atoms with Gasteiger partial charge >= 0.3 is 0 Å². The van der Waals surface area contributed by atoms with Crippen molar-refractivity contribution in [3.8, 4) is 0 Å². The van der Waals surface area contributed by atoms with Gasteiger partial charge in [-0.15, -0.1) is 0 Å². The first-order valence-corrected chi connectivity index (χ1v) is 7.36. The Hall–Kier alpha value is -0.870. The van der Waals surface area contributed by atoms with Gasteiger partial charge in [0.15, 0.2) is 0 Å². The van der Waals surface area contributed by atoms with Gasteiger partial charge in [0.1, 0.15) is 0 Å². The molecule has 0 aromatic carbocycles. The average Bonchev–Trinajstić information content (AvgIpc) is 3.09. The van der Waals surface area contributed by atoms with Crippen LogP contribution < -0.4 is 5.32 Å². The van der Waals surface area contributed by atoms with Gasteiger partial charge in [-0.1, -0.05) is 6.92 Å². The molecule has 0 amide bonds. The molecule has 18 heavy (non-hydrogen) atoms. The summed E-state index contributed by atoms with van der Waals surface area (Å²) in [6, 6.07) is 1.24. The minimum Gasteiger partial charge on any atom is -0.332 e. The number of hydrogen-bond acceptors (Lipinski definition) is 3. The standard InChI is InChI=1S/C14H24N4/c1-2-17-8-4-5-12(17)10-18-11-15-9-14(18)13-6-3-7-16-13/h9,11-13,16H,2-8,10H2,1H3. The predicted octanol–water partition coefficient (Wildman–Crippen LogP) is 1.79. The lowest BCUT2D eigenvalue weighted by molar-refractivity contribution is 0.242. The highest BCUT2D eigenvalue weighted by Crippen LogP contribution is 2.25.